The maximum atomic E-state index is 12.9. The molecule has 0 amide bonds. The molecule has 0 spiro atoms. The van der Waals surface area contributed by atoms with Gasteiger partial charge in [0.1, 0.15) is 24.4 Å². The van der Waals surface area contributed by atoms with Gasteiger partial charge in [0.25, 0.3) is 0 Å². The normalized spacial score (nSPS) is 49.3. The Labute approximate surface area is 280 Å². The van der Waals surface area contributed by atoms with Crippen molar-refractivity contribution in [2.45, 2.75) is 147 Å². The van der Waals surface area contributed by atoms with E-state index in [0.717, 1.165) is 19.3 Å². The van der Waals surface area contributed by atoms with Gasteiger partial charge >= 0.3 is 10.4 Å². The summed E-state index contributed by atoms with van der Waals surface area (Å²) in [4.78, 5) is 0. The zero-order chi connectivity index (χ0) is 34.7. The van der Waals surface area contributed by atoms with Gasteiger partial charge in [-0.05, 0) is 72.5 Å². The summed E-state index contributed by atoms with van der Waals surface area (Å²) < 4.78 is 62.7. The van der Waals surface area contributed by atoms with Crippen molar-refractivity contribution in [3.05, 3.63) is 0 Å². The average molecular weight is 693 g/mol. The predicted octanol–water partition coefficient (Wildman–Crippen LogP) is 3.09. The molecule has 47 heavy (non-hydrogen) atoms. The summed E-state index contributed by atoms with van der Waals surface area (Å²) in [6.45, 7) is 10.7. The number of aliphatic hydroxyl groups excluding tert-OH is 3. The van der Waals surface area contributed by atoms with Crippen molar-refractivity contribution in [3.63, 3.8) is 0 Å². The quantitative estimate of drug-likeness (QED) is 0.158. The maximum absolute atomic E-state index is 12.9. The SMILES string of the molecule is COC1COC(OC2CCC3(C)C(C2)C(O)CC2(O)C3CCC3(C)C(C(C)CCCC(C)C)C(O)C(OS(=O)(=O)O)C32)C(OC)C1O. The van der Waals surface area contributed by atoms with Crippen LogP contribution in [0, 0.1) is 46.3 Å². The summed E-state index contributed by atoms with van der Waals surface area (Å²) in [5.74, 6) is -1.16. The van der Waals surface area contributed by atoms with Crippen LogP contribution in [0.15, 0.2) is 0 Å². The highest BCUT2D eigenvalue weighted by atomic mass is 32.3. The minimum absolute atomic E-state index is 0.00767. The molecular formula is C34H60O12S. The summed E-state index contributed by atoms with van der Waals surface area (Å²) in [6.07, 6.45) is -0.891. The number of hydrogen-bond acceptors (Lipinski definition) is 11. The first-order valence-electron chi connectivity index (χ1n) is 17.7. The van der Waals surface area contributed by atoms with E-state index in [4.69, 9.17) is 23.1 Å². The smallest absolute Gasteiger partial charge is 0.393 e. The van der Waals surface area contributed by atoms with Gasteiger partial charge in [0.2, 0.25) is 0 Å². The van der Waals surface area contributed by atoms with E-state index in [1.807, 2.05) is 6.92 Å². The Morgan fingerprint density at radius 1 is 0.936 bits per heavy atom. The van der Waals surface area contributed by atoms with Gasteiger partial charge in [0.05, 0.1) is 30.5 Å². The van der Waals surface area contributed by atoms with E-state index in [1.165, 1.54) is 14.2 Å². The first-order valence-corrected chi connectivity index (χ1v) is 19.0. The van der Waals surface area contributed by atoms with Crippen molar-refractivity contribution in [2.24, 2.45) is 46.3 Å². The third-order valence-electron chi connectivity index (χ3n) is 13.4. The highest BCUT2D eigenvalue weighted by molar-refractivity contribution is 7.80. The molecule has 1 aliphatic heterocycles. The average Bonchev–Trinajstić information content (AvgIpc) is 3.18. The molecule has 16 unspecified atom stereocenters. The van der Waals surface area contributed by atoms with E-state index in [9.17, 15) is 33.4 Å². The van der Waals surface area contributed by atoms with E-state index < -0.39 is 75.7 Å². The lowest BCUT2D eigenvalue weighted by atomic mass is 9.42. The van der Waals surface area contributed by atoms with Crippen molar-refractivity contribution in [1.29, 1.82) is 0 Å². The van der Waals surface area contributed by atoms with Crippen LogP contribution in [0.25, 0.3) is 0 Å². The van der Waals surface area contributed by atoms with Gasteiger partial charge in [-0.2, -0.15) is 8.42 Å². The molecule has 5 N–H and O–H groups in total. The van der Waals surface area contributed by atoms with Gasteiger partial charge < -0.3 is 39.4 Å². The van der Waals surface area contributed by atoms with E-state index >= 15 is 0 Å². The van der Waals surface area contributed by atoms with Crippen LogP contribution in [0.4, 0.5) is 0 Å². The zero-order valence-electron chi connectivity index (χ0n) is 29.2. The number of aliphatic hydroxyl groups is 4. The Balaban J connectivity index is 1.40. The van der Waals surface area contributed by atoms with Gasteiger partial charge in [-0.1, -0.05) is 53.9 Å². The Morgan fingerprint density at radius 2 is 1.62 bits per heavy atom. The molecule has 5 fully saturated rings. The molecule has 0 aromatic heterocycles. The van der Waals surface area contributed by atoms with Gasteiger partial charge in [0, 0.05) is 26.6 Å². The minimum atomic E-state index is -4.95. The van der Waals surface area contributed by atoms with E-state index in [0.29, 0.717) is 38.0 Å². The molecule has 5 aliphatic rings. The number of ether oxygens (including phenoxy) is 4. The second-order valence-corrected chi connectivity index (χ2v) is 17.5. The fourth-order valence-corrected chi connectivity index (χ4v) is 11.9. The summed E-state index contributed by atoms with van der Waals surface area (Å²) >= 11 is 0. The van der Waals surface area contributed by atoms with Crippen molar-refractivity contribution in [1.82, 2.24) is 0 Å². The van der Waals surface area contributed by atoms with Crippen molar-refractivity contribution in [3.8, 4) is 0 Å². The van der Waals surface area contributed by atoms with E-state index in [-0.39, 0.29) is 42.8 Å². The molecule has 0 aromatic carbocycles. The van der Waals surface area contributed by atoms with Crippen LogP contribution in [0.2, 0.25) is 0 Å². The van der Waals surface area contributed by atoms with Crippen LogP contribution in [0.3, 0.4) is 0 Å². The first kappa shape index (κ1) is 37.8. The summed E-state index contributed by atoms with van der Waals surface area (Å²) in [6, 6.07) is 0. The van der Waals surface area contributed by atoms with Crippen LogP contribution >= 0.6 is 0 Å². The highest BCUT2D eigenvalue weighted by Crippen LogP contribution is 2.70. The third kappa shape index (κ3) is 6.82. The molecule has 0 radical (unpaired) electrons. The van der Waals surface area contributed by atoms with E-state index in [1.54, 1.807) is 0 Å². The molecule has 1 saturated heterocycles. The molecule has 12 nitrogen and oxygen atoms in total. The van der Waals surface area contributed by atoms with Gasteiger partial charge in [-0.25, -0.2) is 4.18 Å². The highest BCUT2D eigenvalue weighted by Gasteiger charge is 2.73. The second kappa shape index (κ2) is 13.9. The predicted molar refractivity (Wildman–Crippen MR) is 171 cm³/mol. The third-order valence-corrected chi connectivity index (χ3v) is 13.8. The summed E-state index contributed by atoms with van der Waals surface area (Å²) in [5, 5.41) is 47.2. The topological polar surface area (TPSA) is 181 Å². The molecular weight excluding hydrogens is 632 g/mol. The molecule has 13 heteroatoms. The lowest BCUT2D eigenvalue weighted by Gasteiger charge is -2.66. The molecule has 0 bridgehead atoms. The van der Waals surface area contributed by atoms with Gasteiger partial charge in [-0.3, -0.25) is 4.55 Å². The number of fused-ring (bicyclic) bond motifs is 5. The Bertz CT molecular complexity index is 1190. The van der Waals surface area contributed by atoms with Crippen molar-refractivity contribution >= 4 is 10.4 Å². The summed E-state index contributed by atoms with van der Waals surface area (Å²) in [5.41, 5.74) is -2.74. The zero-order valence-corrected chi connectivity index (χ0v) is 30.0. The fraction of sp³-hybridized carbons (Fsp3) is 1.00. The molecule has 4 saturated carbocycles. The second-order valence-electron chi connectivity index (χ2n) is 16.5. The van der Waals surface area contributed by atoms with Gasteiger partial charge in [0.15, 0.2) is 6.29 Å². The van der Waals surface area contributed by atoms with Crippen LogP contribution in [-0.2, 0) is 33.5 Å². The Morgan fingerprint density at radius 3 is 2.23 bits per heavy atom. The van der Waals surface area contributed by atoms with Crippen molar-refractivity contribution < 1.29 is 56.5 Å². The van der Waals surface area contributed by atoms with Crippen LogP contribution in [-0.4, -0.2) is 109 Å². The lowest BCUT2D eigenvalue weighted by Crippen LogP contribution is -2.69. The van der Waals surface area contributed by atoms with Gasteiger partial charge in [-0.15, -0.1) is 0 Å². The molecule has 5 rings (SSSR count). The first-order chi connectivity index (χ1) is 21.9. The van der Waals surface area contributed by atoms with Crippen molar-refractivity contribution in [2.75, 3.05) is 20.8 Å². The monoisotopic (exact) mass is 692 g/mol. The molecule has 1 heterocycles. The van der Waals surface area contributed by atoms with Crippen LogP contribution in [0.5, 0.6) is 0 Å². The standard InChI is InChI=1S/C34H60O12S/c1-18(2)9-8-10-19(3)25-27(37)28(46-47(39,40)41)30-33(25,5)14-12-24-32(4)13-11-20(15-21(32)22(35)16-34(24,30)38)45-31-29(43-7)26(36)23(42-6)17-44-31/h18-31,35-38H,8-17H2,1-7H3,(H,39,40,41). The Kier molecular flexibility index (Phi) is 11.2. The van der Waals surface area contributed by atoms with Crippen LogP contribution < -0.4 is 0 Å². The van der Waals surface area contributed by atoms with E-state index in [2.05, 4.69) is 27.7 Å². The number of hydrogen-bond donors (Lipinski definition) is 5. The molecule has 274 valence electrons. The molecule has 0 aromatic rings. The minimum Gasteiger partial charge on any atom is -0.393 e. The maximum Gasteiger partial charge on any atom is 0.397 e. The number of methoxy groups -OCH3 is 2. The lowest BCUT2D eigenvalue weighted by molar-refractivity contribution is -0.305. The molecule has 4 aliphatic carbocycles. The van der Waals surface area contributed by atoms with Crippen LogP contribution in [0.1, 0.15) is 92.4 Å². The molecule has 16 atom stereocenters. The fourth-order valence-electron chi connectivity index (χ4n) is 11.4. The summed E-state index contributed by atoms with van der Waals surface area (Å²) in [7, 11) is -1.95. The largest absolute Gasteiger partial charge is 0.397 e. The Hall–Kier alpha value is -0.450. The number of rotatable bonds is 11.